The van der Waals surface area contributed by atoms with Crippen LogP contribution in [0.3, 0.4) is 0 Å². The number of aromatic nitrogens is 2. The van der Waals surface area contributed by atoms with Gasteiger partial charge in [-0.2, -0.15) is 0 Å². The average Bonchev–Trinajstić information content (AvgIpc) is 3.47. The zero-order valence-electron chi connectivity index (χ0n) is 25.8. The predicted molar refractivity (Wildman–Crippen MR) is 160 cm³/mol. The molecular weight excluding hydrogens is 542 g/mol. The maximum absolute atomic E-state index is 13.6. The number of nitrogens with one attached hydrogen (secondary N) is 1. The summed E-state index contributed by atoms with van der Waals surface area (Å²) in [6.45, 7) is 11.8. The number of nitrogens with zero attached hydrogens (tertiary/aromatic N) is 4. The molecule has 0 aromatic carbocycles. The number of allylic oxidation sites excluding steroid dienone is 5. The monoisotopic (exact) mass is 589 g/mol. The summed E-state index contributed by atoms with van der Waals surface area (Å²) >= 11 is 0. The normalized spacial score (nSPS) is 17.3. The number of aliphatic hydroxyl groups excluding tert-OH is 1. The van der Waals surface area contributed by atoms with Crippen molar-refractivity contribution in [2.45, 2.75) is 66.2 Å². The first-order valence-corrected chi connectivity index (χ1v) is 13.1. The number of aldehydes is 1. The molecule has 234 valence electrons. The second-order valence-electron chi connectivity index (χ2n) is 7.28. The number of halogens is 4. The second kappa shape index (κ2) is 26.8. The third-order valence-electron chi connectivity index (χ3n) is 4.89. The molecule has 1 aliphatic carbocycles. The molecule has 0 spiro atoms. The Labute approximate surface area is 242 Å². The van der Waals surface area contributed by atoms with Gasteiger partial charge in [0.25, 0.3) is 6.43 Å². The largest absolute Gasteiger partial charge is 0.400 e. The van der Waals surface area contributed by atoms with E-state index < -0.39 is 12.5 Å². The Morgan fingerprint density at radius 2 is 1.73 bits per heavy atom. The molecule has 1 aromatic heterocycles. The minimum atomic E-state index is -2.50. The number of carbonyl (C=O) groups excluding carboxylic acids is 1. The molecule has 0 fully saturated rings. The Kier molecular flexibility index (Phi) is 27.5. The molecule has 8 nitrogen and oxygen atoms in total. The van der Waals surface area contributed by atoms with Crippen molar-refractivity contribution in [2.75, 3.05) is 39.9 Å². The van der Waals surface area contributed by atoms with Crippen LogP contribution >= 0.6 is 0 Å². The highest BCUT2D eigenvalue weighted by molar-refractivity contribution is 6.00. The standard InChI is InChI=1S/C14H15F3N2.C9H13N3O2.2C2H6.CH3F.CH4O/c1-3-4-10(15)8(2)14-18-11-6-5-9(13(16)17)7-12(11)19-14;1-12(6-8(7-13)14-2)9-10-4-3-5-11-9;4*1-2/h3-7,11-13H,1-2H3,(H,18,19);3-5,7-8H,6H2,1-2H3;2*1-2H3;1H3;2H,1H3/b4-3-,10-8-;;;;;. The number of ether oxygens (including phenoxy) is 1. The summed E-state index contributed by atoms with van der Waals surface area (Å²) in [5.41, 5.74) is 0.355. The molecule has 2 N–H and O–H groups in total. The third-order valence-corrected chi connectivity index (χ3v) is 4.89. The Hall–Kier alpha value is -3.38. The summed E-state index contributed by atoms with van der Waals surface area (Å²) in [6.07, 6.45) is 8.51. The number of hydrogen-bond donors (Lipinski definition) is 2. The number of carbonyl (C=O) groups is 1. The van der Waals surface area contributed by atoms with Crippen LogP contribution in [-0.2, 0) is 9.53 Å². The van der Waals surface area contributed by atoms with Gasteiger partial charge in [-0.05, 0) is 26.0 Å². The Balaban J connectivity index is -0.000000581. The van der Waals surface area contributed by atoms with Gasteiger partial charge < -0.3 is 24.9 Å². The van der Waals surface area contributed by atoms with Crippen molar-refractivity contribution >= 4 is 18.1 Å². The van der Waals surface area contributed by atoms with Crippen LogP contribution in [0.4, 0.5) is 23.5 Å². The number of alkyl halides is 3. The summed E-state index contributed by atoms with van der Waals surface area (Å²) in [7, 11) is 4.81. The smallest absolute Gasteiger partial charge is 0.263 e. The topological polar surface area (TPSA) is 99.9 Å². The van der Waals surface area contributed by atoms with Gasteiger partial charge in [0.15, 0.2) is 6.29 Å². The van der Waals surface area contributed by atoms with Crippen LogP contribution in [0.25, 0.3) is 0 Å². The van der Waals surface area contributed by atoms with E-state index in [1.165, 1.54) is 25.3 Å². The maximum atomic E-state index is 13.6. The van der Waals surface area contributed by atoms with Crippen LogP contribution in [0.1, 0.15) is 41.5 Å². The highest BCUT2D eigenvalue weighted by atomic mass is 19.3. The van der Waals surface area contributed by atoms with Gasteiger partial charge in [0.05, 0.1) is 25.8 Å². The lowest BCUT2D eigenvalue weighted by molar-refractivity contribution is -0.115. The molecule has 1 aromatic rings. The first-order chi connectivity index (χ1) is 19.8. The van der Waals surface area contributed by atoms with E-state index in [1.807, 2.05) is 34.7 Å². The van der Waals surface area contributed by atoms with E-state index in [1.54, 1.807) is 49.4 Å². The van der Waals surface area contributed by atoms with Crippen LogP contribution in [-0.4, -0.2) is 86.8 Å². The van der Waals surface area contributed by atoms with Crippen LogP contribution in [0.15, 0.2) is 70.8 Å². The molecule has 0 saturated heterocycles. The van der Waals surface area contributed by atoms with Crippen molar-refractivity contribution in [3.05, 3.63) is 65.8 Å². The molecule has 12 heteroatoms. The molecule has 0 bridgehead atoms. The fourth-order valence-electron chi connectivity index (χ4n) is 3.03. The lowest BCUT2D eigenvalue weighted by atomic mass is 10.00. The van der Waals surface area contributed by atoms with Crippen molar-refractivity contribution in [1.82, 2.24) is 15.3 Å². The fraction of sp³-hybridized carbons (Fsp3) is 0.517. The van der Waals surface area contributed by atoms with Gasteiger partial charge in [-0.3, -0.25) is 9.38 Å². The average molecular weight is 590 g/mol. The van der Waals surface area contributed by atoms with E-state index in [4.69, 9.17) is 9.84 Å². The number of fused-ring (bicyclic) bond motifs is 1. The van der Waals surface area contributed by atoms with Gasteiger partial charge >= 0.3 is 0 Å². The summed E-state index contributed by atoms with van der Waals surface area (Å²) in [4.78, 5) is 24.7. The Morgan fingerprint density at radius 1 is 1.17 bits per heavy atom. The summed E-state index contributed by atoms with van der Waals surface area (Å²) in [5.74, 6) is 0.618. The number of anilines is 1. The van der Waals surface area contributed by atoms with Gasteiger partial charge in [0, 0.05) is 44.8 Å². The first kappa shape index (κ1) is 42.1. The van der Waals surface area contributed by atoms with Crippen molar-refractivity contribution in [3.8, 4) is 0 Å². The van der Waals surface area contributed by atoms with E-state index in [0.717, 1.165) is 13.4 Å². The number of aliphatic hydroxyl groups is 1. The zero-order chi connectivity index (χ0) is 32.4. The zero-order valence-corrected chi connectivity index (χ0v) is 25.8. The van der Waals surface area contributed by atoms with E-state index in [9.17, 15) is 22.4 Å². The lowest BCUT2D eigenvalue weighted by Gasteiger charge is -2.19. The molecule has 3 rings (SSSR count). The summed E-state index contributed by atoms with van der Waals surface area (Å²) in [5, 5.41) is 9.97. The second-order valence-corrected chi connectivity index (χ2v) is 7.28. The third kappa shape index (κ3) is 15.9. The lowest BCUT2D eigenvalue weighted by Crippen LogP contribution is -2.34. The van der Waals surface area contributed by atoms with Gasteiger partial charge in [-0.1, -0.05) is 52.0 Å². The highest BCUT2D eigenvalue weighted by Crippen LogP contribution is 2.24. The van der Waals surface area contributed by atoms with E-state index in [0.29, 0.717) is 31.1 Å². The number of hydrogen-bond acceptors (Lipinski definition) is 8. The van der Waals surface area contributed by atoms with Gasteiger partial charge in [0.1, 0.15) is 17.8 Å². The molecule has 3 unspecified atom stereocenters. The minimum Gasteiger partial charge on any atom is -0.400 e. The molecule has 0 radical (unpaired) electrons. The molecule has 0 saturated carbocycles. The highest BCUT2D eigenvalue weighted by Gasteiger charge is 2.30. The van der Waals surface area contributed by atoms with E-state index >= 15 is 0 Å². The molecule has 3 atom stereocenters. The summed E-state index contributed by atoms with van der Waals surface area (Å²) < 4.78 is 53.3. The van der Waals surface area contributed by atoms with Crippen LogP contribution in [0, 0.1) is 0 Å². The number of likely N-dealkylation sites (N-methyl/N-ethyl adjacent to an activating group) is 1. The quantitative estimate of drug-likeness (QED) is 0.229. The molecule has 1 aliphatic heterocycles. The van der Waals surface area contributed by atoms with Crippen molar-refractivity contribution < 1.29 is 32.2 Å². The minimum absolute atomic E-state index is 0.0271. The number of amidine groups is 1. The molecule has 2 aliphatic rings. The number of methoxy groups -OCH3 is 1. The van der Waals surface area contributed by atoms with Crippen LogP contribution in [0.5, 0.6) is 0 Å². The maximum Gasteiger partial charge on any atom is 0.263 e. The summed E-state index contributed by atoms with van der Waals surface area (Å²) in [6, 6.07) is 1.17. The van der Waals surface area contributed by atoms with Gasteiger partial charge in [-0.15, -0.1) is 0 Å². The van der Waals surface area contributed by atoms with Crippen LogP contribution in [0.2, 0.25) is 0 Å². The molecular formula is C29H47F4N5O3. The van der Waals surface area contributed by atoms with Crippen molar-refractivity contribution in [1.29, 1.82) is 0 Å². The molecule has 41 heavy (non-hydrogen) atoms. The predicted octanol–water partition coefficient (Wildman–Crippen LogP) is 5.68. The number of aliphatic imine (C=N–C) groups is 1. The molecule has 2 heterocycles. The SMILES string of the molecule is C/C=C\C(F)=C(/C)C1=NC2C=CC(C(F)F)=CC2N1.CC.CC.CF.CO.COC(C=O)CN(C)c1ncccn1. The van der Waals surface area contributed by atoms with Crippen molar-refractivity contribution in [3.63, 3.8) is 0 Å². The molecule has 0 amide bonds. The fourth-order valence-corrected chi connectivity index (χ4v) is 3.03. The van der Waals surface area contributed by atoms with E-state index in [2.05, 4.69) is 20.3 Å². The van der Waals surface area contributed by atoms with Gasteiger partial charge in [-0.25, -0.2) is 23.1 Å². The Bertz CT molecular complexity index is 955. The van der Waals surface area contributed by atoms with E-state index in [-0.39, 0.29) is 23.5 Å². The van der Waals surface area contributed by atoms with Gasteiger partial charge in [0.2, 0.25) is 5.95 Å². The van der Waals surface area contributed by atoms with Crippen LogP contribution < -0.4 is 10.2 Å². The van der Waals surface area contributed by atoms with Crippen molar-refractivity contribution in [2.24, 2.45) is 4.99 Å². The number of rotatable bonds is 8. The Morgan fingerprint density at radius 3 is 2.20 bits per heavy atom. The first-order valence-electron chi connectivity index (χ1n) is 13.1.